The average Bonchev–Trinajstić information content (AvgIpc) is 3.47. The molecule has 0 bridgehead atoms. The van der Waals surface area contributed by atoms with E-state index in [0.717, 1.165) is 17.0 Å². The molecule has 0 radical (unpaired) electrons. The van der Waals surface area contributed by atoms with Crippen molar-refractivity contribution in [1.82, 2.24) is 14.5 Å². The van der Waals surface area contributed by atoms with Crippen molar-refractivity contribution in [2.45, 2.75) is 50.5 Å². The topological polar surface area (TPSA) is 67.4 Å². The smallest absolute Gasteiger partial charge is 0.255 e. The van der Waals surface area contributed by atoms with Crippen LogP contribution < -0.4 is 10.6 Å². The van der Waals surface area contributed by atoms with Crippen molar-refractivity contribution in [2.24, 2.45) is 5.73 Å². The molecule has 2 N–H and O–H groups in total. The van der Waals surface area contributed by atoms with Gasteiger partial charge in [-0.3, -0.25) is 4.79 Å². The van der Waals surface area contributed by atoms with Gasteiger partial charge >= 0.3 is 0 Å². The Balaban J connectivity index is 1.71. The fraction of sp³-hybridized carbons (Fsp3) is 0.579. The predicted molar refractivity (Wildman–Crippen MR) is 100 cm³/mol. The summed E-state index contributed by atoms with van der Waals surface area (Å²) in [5.74, 6) is -2.57. The second kappa shape index (κ2) is 8.01. The van der Waals surface area contributed by atoms with Gasteiger partial charge in [-0.25, -0.2) is 26.9 Å². The predicted octanol–water partition coefficient (Wildman–Crippen LogP) is 2.45. The number of amides is 1. The number of nitrogens with zero attached hydrogens (tertiary/aromatic N) is 4. The summed E-state index contributed by atoms with van der Waals surface area (Å²) in [6, 6.07) is 0.812. The lowest BCUT2D eigenvalue weighted by Gasteiger charge is -2.34. The summed E-state index contributed by atoms with van der Waals surface area (Å²) in [5.41, 5.74) is 6.08. The maximum absolute atomic E-state index is 13.9. The van der Waals surface area contributed by atoms with Gasteiger partial charge in [-0.1, -0.05) is 0 Å². The first kappa shape index (κ1) is 20.8. The zero-order valence-corrected chi connectivity index (χ0v) is 16.1. The third-order valence-electron chi connectivity index (χ3n) is 5.56. The number of piperidine rings is 1. The van der Waals surface area contributed by atoms with Crippen LogP contribution in [0.5, 0.6) is 0 Å². The van der Waals surface area contributed by atoms with Crippen LogP contribution in [0.1, 0.15) is 19.3 Å². The van der Waals surface area contributed by atoms with E-state index in [1.165, 1.54) is 4.57 Å². The van der Waals surface area contributed by atoms with Gasteiger partial charge in [0.25, 0.3) is 6.43 Å². The van der Waals surface area contributed by atoms with Gasteiger partial charge in [0, 0.05) is 31.3 Å². The number of rotatable bonds is 6. The first-order chi connectivity index (χ1) is 14.2. The largest absolute Gasteiger partial charge is 0.340 e. The maximum atomic E-state index is 13.9. The van der Waals surface area contributed by atoms with Crippen LogP contribution in [-0.2, 0) is 11.3 Å². The molecule has 1 aliphatic heterocycles. The monoisotopic (exact) mass is 431 g/mol. The molecule has 2 fully saturated rings. The molecule has 1 aromatic carbocycles. The zero-order chi connectivity index (χ0) is 21.6. The number of halogens is 5. The van der Waals surface area contributed by atoms with Crippen molar-refractivity contribution in [2.75, 3.05) is 24.5 Å². The average molecular weight is 431 g/mol. The third kappa shape index (κ3) is 4.07. The SMILES string of the molecule is N[C@@H]1CN(c2nc3cc(F)c(F)cc3n2CC(=O)N(CC(F)F)C2CC2)CC[C@H]1F. The molecule has 6 nitrogen and oxygen atoms in total. The number of benzene rings is 1. The Morgan fingerprint density at radius 3 is 2.57 bits per heavy atom. The van der Waals surface area contributed by atoms with Crippen molar-refractivity contribution in [3.05, 3.63) is 23.8 Å². The normalized spacial score (nSPS) is 22.2. The molecule has 11 heteroatoms. The lowest BCUT2D eigenvalue weighted by molar-refractivity contribution is -0.134. The van der Waals surface area contributed by atoms with Gasteiger partial charge in [0.1, 0.15) is 12.7 Å². The van der Waals surface area contributed by atoms with Crippen LogP contribution in [0, 0.1) is 11.6 Å². The minimum absolute atomic E-state index is 0.104. The number of hydrogen-bond donors (Lipinski definition) is 1. The molecule has 30 heavy (non-hydrogen) atoms. The molecule has 2 atom stereocenters. The number of nitrogens with two attached hydrogens (primary N) is 1. The van der Waals surface area contributed by atoms with Crippen molar-refractivity contribution in [3.8, 4) is 0 Å². The van der Waals surface area contributed by atoms with Gasteiger partial charge in [-0.15, -0.1) is 0 Å². The molecule has 1 saturated heterocycles. The molecule has 1 amide bonds. The molecule has 4 rings (SSSR count). The Hall–Kier alpha value is -2.43. The Bertz CT molecular complexity index is 947. The van der Waals surface area contributed by atoms with E-state index in [1.54, 1.807) is 4.90 Å². The molecular formula is C19H22F5N5O. The molecule has 2 aromatic rings. The van der Waals surface area contributed by atoms with E-state index in [-0.39, 0.29) is 49.1 Å². The molecule has 2 aliphatic rings. The summed E-state index contributed by atoms with van der Waals surface area (Å²) in [6.07, 6.45) is -2.43. The summed E-state index contributed by atoms with van der Waals surface area (Å²) in [4.78, 5) is 19.9. The number of anilines is 1. The number of carbonyl (C=O) groups is 1. The van der Waals surface area contributed by atoms with E-state index >= 15 is 0 Å². The quantitative estimate of drug-likeness (QED) is 0.714. The Kier molecular flexibility index (Phi) is 5.56. The zero-order valence-electron chi connectivity index (χ0n) is 16.1. The standard InChI is InChI=1S/C19H22F5N5O/c20-11-3-4-27(7-14(11)25)19-26-15-5-12(21)13(22)6-16(15)29(19)9-18(30)28(8-17(23)24)10-1-2-10/h5-6,10-11,14,17H,1-4,7-9,25H2/t11-,14-/m1/s1. The van der Waals surface area contributed by atoms with Gasteiger partial charge in [0.05, 0.1) is 23.6 Å². The van der Waals surface area contributed by atoms with Crippen molar-refractivity contribution in [3.63, 3.8) is 0 Å². The summed E-state index contributed by atoms with van der Waals surface area (Å²) in [7, 11) is 0. The Labute approximate surface area is 169 Å². The number of fused-ring (bicyclic) bond motifs is 1. The molecule has 164 valence electrons. The van der Waals surface area contributed by atoms with Gasteiger partial charge in [0.2, 0.25) is 11.9 Å². The molecular weight excluding hydrogens is 409 g/mol. The number of imidazole rings is 1. The molecule has 1 aliphatic carbocycles. The highest BCUT2D eigenvalue weighted by Gasteiger charge is 2.35. The van der Waals surface area contributed by atoms with Crippen LogP contribution in [0.15, 0.2) is 12.1 Å². The van der Waals surface area contributed by atoms with Gasteiger partial charge in [-0.2, -0.15) is 0 Å². The van der Waals surface area contributed by atoms with Crippen LogP contribution in [0.25, 0.3) is 11.0 Å². The van der Waals surface area contributed by atoms with Gasteiger partial charge < -0.3 is 20.1 Å². The summed E-state index contributed by atoms with van der Waals surface area (Å²) >= 11 is 0. The highest BCUT2D eigenvalue weighted by molar-refractivity contribution is 5.84. The second-order valence-corrected chi connectivity index (χ2v) is 7.84. The summed E-state index contributed by atoms with van der Waals surface area (Å²) in [6.45, 7) is -0.703. The minimum Gasteiger partial charge on any atom is -0.340 e. The second-order valence-electron chi connectivity index (χ2n) is 7.84. The first-order valence-corrected chi connectivity index (χ1v) is 9.82. The van der Waals surface area contributed by atoms with Crippen LogP contribution in [0.3, 0.4) is 0 Å². The minimum atomic E-state index is -2.68. The molecule has 1 aromatic heterocycles. The number of carbonyl (C=O) groups excluding carboxylic acids is 1. The van der Waals surface area contributed by atoms with E-state index in [1.807, 2.05) is 0 Å². The van der Waals surface area contributed by atoms with Crippen LogP contribution in [-0.4, -0.2) is 64.7 Å². The number of alkyl halides is 3. The highest BCUT2D eigenvalue weighted by Crippen LogP contribution is 2.30. The first-order valence-electron chi connectivity index (χ1n) is 9.82. The van der Waals surface area contributed by atoms with E-state index in [0.29, 0.717) is 12.8 Å². The fourth-order valence-corrected chi connectivity index (χ4v) is 3.86. The fourth-order valence-electron chi connectivity index (χ4n) is 3.86. The van der Waals surface area contributed by atoms with Gasteiger partial charge in [0.15, 0.2) is 11.6 Å². The van der Waals surface area contributed by atoms with Crippen LogP contribution >= 0.6 is 0 Å². The maximum Gasteiger partial charge on any atom is 0.255 e. The van der Waals surface area contributed by atoms with E-state index in [4.69, 9.17) is 5.73 Å². The molecule has 2 heterocycles. The van der Waals surface area contributed by atoms with Gasteiger partial charge in [-0.05, 0) is 19.3 Å². The number of hydrogen-bond acceptors (Lipinski definition) is 4. The lowest BCUT2D eigenvalue weighted by Crippen LogP contribution is -2.50. The summed E-state index contributed by atoms with van der Waals surface area (Å²) < 4.78 is 68.7. The lowest BCUT2D eigenvalue weighted by atomic mass is 10.1. The molecule has 0 unspecified atom stereocenters. The van der Waals surface area contributed by atoms with Crippen LogP contribution in [0.4, 0.5) is 27.9 Å². The van der Waals surface area contributed by atoms with Crippen molar-refractivity contribution >= 4 is 22.9 Å². The third-order valence-corrected chi connectivity index (χ3v) is 5.56. The summed E-state index contributed by atoms with van der Waals surface area (Å²) in [5, 5.41) is 0. The molecule has 1 saturated carbocycles. The van der Waals surface area contributed by atoms with Crippen molar-refractivity contribution in [1.29, 1.82) is 0 Å². The van der Waals surface area contributed by atoms with Crippen molar-refractivity contribution < 1.29 is 26.7 Å². The Morgan fingerprint density at radius 1 is 1.23 bits per heavy atom. The highest BCUT2D eigenvalue weighted by atomic mass is 19.3. The van der Waals surface area contributed by atoms with Crippen LogP contribution in [0.2, 0.25) is 0 Å². The van der Waals surface area contributed by atoms with E-state index in [2.05, 4.69) is 4.98 Å². The number of aromatic nitrogens is 2. The Morgan fingerprint density at radius 2 is 1.93 bits per heavy atom. The van der Waals surface area contributed by atoms with E-state index in [9.17, 15) is 26.7 Å². The molecule has 0 spiro atoms. The van der Waals surface area contributed by atoms with E-state index < -0.39 is 42.7 Å².